The summed E-state index contributed by atoms with van der Waals surface area (Å²) in [6.07, 6.45) is 0.853. The molecule has 0 atom stereocenters. The highest BCUT2D eigenvalue weighted by atomic mass is 32.1. The number of carboxylic acid groups (broad SMARTS) is 1. The maximum absolute atomic E-state index is 12.4. The van der Waals surface area contributed by atoms with Gasteiger partial charge in [-0.05, 0) is 43.2 Å². The first-order valence-electron chi connectivity index (χ1n) is 7.72. The highest BCUT2D eigenvalue weighted by Crippen LogP contribution is 2.28. The van der Waals surface area contributed by atoms with Crippen LogP contribution in [0.3, 0.4) is 0 Å². The molecule has 3 rings (SSSR count). The first-order chi connectivity index (χ1) is 11.4. The molecule has 0 spiro atoms. The molecule has 5 nitrogen and oxygen atoms in total. The summed E-state index contributed by atoms with van der Waals surface area (Å²) >= 11 is 1.50. The summed E-state index contributed by atoms with van der Waals surface area (Å²) in [4.78, 5) is 25.6. The van der Waals surface area contributed by atoms with E-state index in [9.17, 15) is 14.7 Å². The van der Waals surface area contributed by atoms with Gasteiger partial charge < -0.3 is 15.2 Å². The van der Waals surface area contributed by atoms with Crippen LogP contribution < -0.4 is 5.32 Å². The highest BCUT2D eigenvalue weighted by molar-refractivity contribution is 7.14. The van der Waals surface area contributed by atoms with Crippen LogP contribution >= 0.6 is 11.3 Å². The Balaban J connectivity index is 1.73. The van der Waals surface area contributed by atoms with Gasteiger partial charge in [-0.15, -0.1) is 11.3 Å². The minimum absolute atomic E-state index is 0.153. The molecule has 1 aliphatic heterocycles. The molecule has 24 heavy (non-hydrogen) atoms. The molecule has 1 aromatic heterocycles. The number of rotatable bonds is 4. The SMILES string of the molecule is CC(C)(C(=O)O)c1ccc(NC(=O)c2cc3c(s2)CCOC3)cc1. The lowest BCUT2D eigenvalue weighted by atomic mass is 9.85. The summed E-state index contributed by atoms with van der Waals surface area (Å²) in [5.74, 6) is -1.04. The number of amides is 1. The molecule has 0 unspecified atom stereocenters. The normalized spacial score (nSPS) is 14.1. The molecule has 6 heteroatoms. The van der Waals surface area contributed by atoms with E-state index in [0.717, 1.165) is 12.0 Å². The second-order valence-corrected chi connectivity index (χ2v) is 7.46. The van der Waals surface area contributed by atoms with Crippen LogP contribution in [0.5, 0.6) is 0 Å². The molecule has 2 heterocycles. The second-order valence-electron chi connectivity index (χ2n) is 6.32. The molecule has 0 bridgehead atoms. The van der Waals surface area contributed by atoms with Gasteiger partial charge in [-0.3, -0.25) is 9.59 Å². The molecule has 0 radical (unpaired) electrons. The van der Waals surface area contributed by atoms with E-state index in [1.54, 1.807) is 38.1 Å². The number of carbonyl (C=O) groups is 2. The lowest BCUT2D eigenvalue weighted by Crippen LogP contribution is -2.28. The molecule has 1 amide bonds. The average Bonchev–Trinajstić information content (AvgIpc) is 2.99. The number of benzene rings is 1. The quantitative estimate of drug-likeness (QED) is 0.890. The average molecular weight is 345 g/mol. The van der Waals surface area contributed by atoms with E-state index < -0.39 is 11.4 Å². The van der Waals surface area contributed by atoms with Crippen LogP contribution in [0.2, 0.25) is 0 Å². The van der Waals surface area contributed by atoms with Gasteiger partial charge in [0.15, 0.2) is 0 Å². The fourth-order valence-electron chi connectivity index (χ4n) is 2.55. The number of nitrogens with one attached hydrogen (secondary N) is 1. The number of hydrogen-bond acceptors (Lipinski definition) is 4. The number of carboxylic acids is 1. The van der Waals surface area contributed by atoms with E-state index in [-0.39, 0.29) is 5.91 Å². The minimum Gasteiger partial charge on any atom is -0.481 e. The Hall–Kier alpha value is -2.18. The summed E-state index contributed by atoms with van der Waals surface area (Å²) in [5.41, 5.74) is 1.47. The Bertz CT molecular complexity index is 753. The van der Waals surface area contributed by atoms with Crippen LogP contribution in [0.4, 0.5) is 5.69 Å². The summed E-state index contributed by atoms with van der Waals surface area (Å²) in [6.45, 7) is 4.58. The van der Waals surface area contributed by atoms with E-state index >= 15 is 0 Å². The summed E-state index contributed by atoms with van der Waals surface area (Å²) in [6, 6.07) is 8.81. The summed E-state index contributed by atoms with van der Waals surface area (Å²) in [5, 5.41) is 12.1. The lowest BCUT2D eigenvalue weighted by Gasteiger charge is -2.19. The largest absolute Gasteiger partial charge is 0.481 e. The Labute approximate surface area is 144 Å². The smallest absolute Gasteiger partial charge is 0.313 e. The van der Waals surface area contributed by atoms with E-state index in [0.29, 0.717) is 29.3 Å². The molecule has 2 N–H and O–H groups in total. The van der Waals surface area contributed by atoms with Gasteiger partial charge in [0.2, 0.25) is 0 Å². The molecule has 0 aliphatic carbocycles. The van der Waals surface area contributed by atoms with Crippen LogP contribution in [0.15, 0.2) is 30.3 Å². The maximum atomic E-state index is 12.4. The predicted molar refractivity (Wildman–Crippen MR) is 92.7 cm³/mol. The Morgan fingerprint density at radius 1 is 1.25 bits per heavy atom. The van der Waals surface area contributed by atoms with Crippen molar-refractivity contribution < 1.29 is 19.4 Å². The zero-order valence-electron chi connectivity index (χ0n) is 13.6. The third-order valence-corrected chi connectivity index (χ3v) is 5.49. The standard InChI is InChI=1S/C18H19NO4S/c1-18(2,17(21)22)12-3-5-13(6-4-12)19-16(20)15-9-11-10-23-8-7-14(11)24-15/h3-6,9H,7-8,10H2,1-2H3,(H,19,20)(H,21,22). The van der Waals surface area contributed by atoms with Gasteiger partial charge in [-0.1, -0.05) is 12.1 Å². The molecular weight excluding hydrogens is 326 g/mol. The van der Waals surface area contributed by atoms with Crippen molar-refractivity contribution in [2.24, 2.45) is 0 Å². The van der Waals surface area contributed by atoms with Crippen molar-refractivity contribution in [1.29, 1.82) is 0 Å². The van der Waals surface area contributed by atoms with Crippen LogP contribution in [0.1, 0.15) is 39.5 Å². The predicted octanol–water partition coefficient (Wildman–Crippen LogP) is 3.44. The number of carbonyl (C=O) groups excluding carboxylic acids is 1. The lowest BCUT2D eigenvalue weighted by molar-refractivity contribution is -0.142. The fraction of sp³-hybridized carbons (Fsp3) is 0.333. The van der Waals surface area contributed by atoms with Gasteiger partial charge in [0, 0.05) is 17.0 Å². The molecule has 0 saturated heterocycles. The van der Waals surface area contributed by atoms with Gasteiger partial charge in [-0.2, -0.15) is 0 Å². The van der Waals surface area contributed by atoms with Crippen molar-refractivity contribution in [1.82, 2.24) is 0 Å². The van der Waals surface area contributed by atoms with Crippen molar-refractivity contribution in [2.45, 2.75) is 32.3 Å². The van der Waals surface area contributed by atoms with Gasteiger partial charge in [0.25, 0.3) is 5.91 Å². The summed E-state index contributed by atoms with van der Waals surface area (Å²) in [7, 11) is 0. The number of fused-ring (bicyclic) bond motifs is 1. The van der Waals surface area contributed by atoms with Crippen LogP contribution in [0, 0.1) is 0 Å². The van der Waals surface area contributed by atoms with Gasteiger partial charge in [-0.25, -0.2) is 0 Å². The zero-order valence-corrected chi connectivity index (χ0v) is 14.4. The van der Waals surface area contributed by atoms with Gasteiger partial charge >= 0.3 is 5.97 Å². The van der Waals surface area contributed by atoms with Crippen LogP contribution in [-0.2, 0) is 28.0 Å². The second kappa shape index (κ2) is 6.37. The number of anilines is 1. The monoisotopic (exact) mass is 345 g/mol. The van der Waals surface area contributed by atoms with Crippen molar-refractivity contribution >= 4 is 28.9 Å². The molecule has 0 saturated carbocycles. The van der Waals surface area contributed by atoms with Crippen LogP contribution in [0.25, 0.3) is 0 Å². The Morgan fingerprint density at radius 2 is 1.96 bits per heavy atom. The van der Waals surface area contributed by atoms with Crippen molar-refractivity contribution in [3.63, 3.8) is 0 Å². The third-order valence-electron chi connectivity index (χ3n) is 4.25. The van der Waals surface area contributed by atoms with Crippen molar-refractivity contribution in [2.75, 3.05) is 11.9 Å². The number of ether oxygens (including phenoxy) is 1. The number of thiophene rings is 1. The molecule has 1 aliphatic rings. The van der Waals surface area contributed by atoms with E-state index in [4.69, 9.17) is 4.74 Å². The Kier molecular flexibility index (Phi) is 4.43. The van der Waals surface area contributed by atoms with Gasteiger partial charge in [0.1, 0.15) is 0 Å². The summed E-state index contributed by atoms with van der Waals surface area (Å²) < 4.78 is 5.40. The Morgan fingerprint density at radius 3 is 2.58 bits per heavy atom. The van der Waals surface area contributed by atoms with E-state index in [1.165, 1.54) is 16.2 Å². The number of aliphatic carboxylic acids is 1. The van der Waals surface area contributed by atoms with E-state index in [2.05, 4.69) is 5.32 Å². The topological polar surface area (TPSA) is 75.6 Å². The maximum Gasteiger partial charge on any atom is 0.313 e. The van der Waals surface area contributed by atoms with Gasteiger partial charge in [0.05, 0.1) is 23.5 Å². The third kappa shape index (κ3) is 3.20. The van der Waals surface area contributed by atoms with E-state index in [1.807, 2.05) is 6.07 Å². The molecular formula is C18H19NO4S. The first kappa shape index (κ1) is 16.7. The zero-order chi connectivity index (χ0) is 17.3. The first-order valence-corrected chi connectivity index (χ1v) is 8.54. The molecule has 126 valence electrons. The van der Waals surface area contributed by atoms with Crippen molar-refractivity contribution in [3.8, 4) is 0 Å². The fourth-order valence-corrected chi connectivity index (χ4v) is 3.59. The van der Waals surface area contributed by atoms with Crippen molar-refractivity contribution in [3.05, 3.63) is 51.2 Å². The minimum atomic E-state index is -0.963. The highest BCUT2D eigenvalue weighted by Gasteiger charge is 2.29. The van der Waals surface area contributed by atoms with Crippen LogP contribution in [-0.4, -0.2) is 23.6 Å². The number of hydrogen-bond donors (Lipinski definition) is 2. The molecule has 1 aromatic carbocycles. The molecule has 0 fully saturated rings. The molecule has 2 aromatic rings.